The van der Waals surface area contributed by atoms with Crippen LogP contribution in [0.3, 0.4) is 0 Å². The van der Waals surface area contributed by atoms with Gasteiger partial charge in [0.05, 0.1) is 0 Å². The lowest BCUT2D eigenvalue weighted by Gasteiger charge is -2.07. The molecule has 106 valence electrons. The van der Waals surface area contributed by atoms with Crippen LogP contribution >= 0.6 is 11.3 Å². The first-order chi connectivity index (χ1) is 10.1. The number of hydrogen-bond donors (Lipinski definition) is 2. The average molecular weight is 301 g/mol. The van der Waals surface area contributed by atoms with E-state index in [-0.39, 0.29) is 5.82 Å². The summed E-state index contributed by atoms with van der Waals surface area (Å²) in [6.07, 6.45) is 0. The van der Waals surface area contributed by atoms with E-state index in [4.69, 9.17) is 0 Å². The predicted octanol–water partition coefficient (Wildman–Crippen LogP) is 4.35. The van der Waals surface area contributed by atoms with Gasteiger partial charge in [-0.1, -0.05) is 18.2 Å². The number of thiophene rings is 1. The molecule has 0 aliphatic heterocycles. The smallest absolute Gasteiger partial charge is 0.346 e. The standard InChI is InChI=1S/C16H12FNO2S/c17-10-5-7-11(8-6-10)18-9-13-12-3-1-2-4-14(12)21-15(13)16(19)20/h1-8,18H,9H2,(H,19,20). The third kappa shape index (κ3) is 2.73. The summed E-state index contributed by atoms with van der Waals surface area (Å²) in [5, 5.41) is 13.4. The quantitative estimate of drug-likeness (QED) is 0.753. The molecule has 0 bridgehead atoms. The summed E-state index contributed by atoms with van der Waals surface area (Å²) >= 11 is 1.27. The van der Waals surface area contributed by atoms with Crippen molar-refractivity contribution < 1.29 is 14.3 Å². The lowest BCUT2D eigenvalue weighted by atomic mass is 10.1. The average Bonchev–Trinajstić information content (AvgIpc) is 2.86. The van der Waals surface area contributed by atoms with E-state index in [1.165, 1.54) is 23.5 Å². The third-order valence-electron chi connectivity index (χ3n) is 3.21. The van der Waals surface area contributed by atoms with Crippen molar-refractivity contribution in [3.05, 3.63) is 64.8 Å². The van der Waals surface area contributed by atoms with E-state index in [0.29, 0.717) is 11.4 Å². The van der Waals surface area contributed by atoms with Crippen molar-refractivity contribution >= 4 is 33.1 Å². The van der Waals surface area contributed by atoms with Gasteiger partial charge in [-0.2, -0.15) is 0 Å². The highest BCUT2D eigenvalue weighted by molar-refractivity contribution is 7.21. The lowest BCUT2D eigenvalue weighted by Crippen LogP contribution is -2.04. The fraction of sp³-hybridized carbons (Fsp3) is 0.0625. The van der Waals surface area contributed by atoms with Crippen molar-refractivity contribution in [1.82, 2.24) is 0 Å². The molecule has 0 saturated carbocycles. The summed E-state index contributed by atoms with van der Waals surface area (Å²) in [5.41, 5.74) is 1.51. The largest absolute Gasteiger partial charge is 0.477 e. The van der Waals surface area contributed by atoms with Crippen LogP contribution in [0.5, 0.6) is 0 Å². The van der Waals surface area contributed by atoms with Crippen LogP contribution in [0, 0.1) is 5.82 Å². The zero-order valence-corrected chi connectivity index (χ0v) is 11.8. The lowest BCUT2D eigenvalue weighted by molar-refractivity contribution is 0.0701. The molecule has 0 aliphatic rings. The highest BCUT2D eigenvalue weighted by Gasteiger charge is 2.17. The molecule has 3 nitrogen and oxygen atoms in total. The molecule has 3 aromatic rings. The molecular formula is C16H12FNO2S. The van der Waals surface area contributed by atoms with Crippen LogP contribution in [0.15, 0.2) is 48.5 Å². The van der Waals surface area contributed by atoms with E-state index in [0.717, 1.165) is 21.3 Å². The molecule has 1 heterocycles. The monoisotopic (exact) mass is 301 g/mol. The van der Waals surface area contributed by atoms with E-state index in [1.807, 2.05) is 24.3 Å². The molecule has 0 aliphatic carbocycles. The Morgan fingerprint density at radius 1 is 1.14 bits per heavy atom. The summed E-state index contributed by atoms with van der Waals surface area (Å²) in [5.74, 6) is -1.22. The Morgan fingerprint density at radius 3 is 2.57 bits per heavy atom. The van der Waals surface area contributed by atoms with Crippen LogP contribution in [0.2, 0.25) is 0 Å². The molecule has 0 atom stereocenters. The molecular weight excluding hydrogens is 289 g/mol. The van der Waals surface area contributed by atoms with Gasteiger partial charge in [0.2, 0.25) is 0 Å². The van der Waals surface area contributed by atoms with Crippen molar-refractivity contribution in [3.63, 3.8) is 0 Å². The molecule has 0 saturated heterocycles. The van der Waals surface area contributed by atoms with Crippen LogP contribution in [0.1, 0.15) is 15.2 Å². The molecule has 5 heteroatoms. The summed E-state index contributed by atoms with van der Waals surface area (Å²) in [6, 6.07) is 13.6. The van der Waals surface area contributed by atoms with E-state index in [9.17, 15) is 14.3 Å². The van der Waals surface area contributed by atoms with Gasteiger partial charge in [0.25, 0.3) is 0 Å². The van der Waals surface area contributed by atoms with Crippen molar-refractivity contribution in [2.24, 2.45) is 0 Å². The number of rotatable bonds is 4. The van der Waals surface area contributed by atoms with Crippen LogP contribution in [0.4, 0.5) is 10.1 Å². The van der Waals surface area contributed by atoms with Crippen LogP contribution < -0.4 is 5.32 Å². The maximum atomic E-state index is 12.9. The number of fused-ring (bicyclic) bond motifs is 1. The van der Waals surface area contributed by atoms with Gasteiger partial charge in [-0.15, -0.1) is 11.3 Å². The number of carbonyl (C=O) groups is 1. The third-order valence-corrected chi connectivity index (χ3v) is 4.41. The first-order valence-corrected chi connectivity index (χ1v) is 7.20. The van der Waals surface area contributed by atoms with Crippen molar-refractivity contribution in [1.29, 1.82) is 0 Å². The summed E-state index contributed by atoms with van der Waals surface area (Å²) < 4.78 is 13.8. The van der Waals surface area contributed by atoms with Crippen LogP contribution in [-0.2, 0) is 6.54 Å². The van der Waals surface area contributed by atoms with E-state index in [1.54, 1.807) is 12.1 Å². The number of hydrogen-bond acceptors (Lipinski definition) is 3. The number of nitrogens with one attached hydrogen (secondary N) is 1. The van der Waals surface area contributed by atoms with Gasteiger partial charge < -0.3 is 10.4 Å². The molecule has 0 radical (unpaired) electrons. The second-order valence-electron chi connectivity index (χ2n) is 4.57. The summed E-state index contributed by atoms with van der Waals surface area (Å²) in [6.45, 7) is 0.386. The molecule has 2 N–H and O–H groups in total. The topological polar surface area (TPSA) is 49.3 Å². The van der Waals surface area contributed by atoms with Crippen molar-refractivity contribution in [2.45, 2.75) is 6.54 Å². The van der Waals surface area contributed by atoms with Gasteiger partial charge >= 0.3 is 5.97 Å². The Hall–Kier alpha value is -2.40. The normalized spacial score (nSPS) is 10.7. The van der Waals surface area contributed by atoms with Gasteiger partial charge in [-0.3, -0.25) is 0 Å². The fourth-order valence-corrected chi connectivity index (χ4v) is 3.27. The minimum atomic E-state index is -0.924. The number of halogens is 1. The van der Waals surface area contributed by atoms with Gasteiger partial charge in [-0.25, -0.2) is 9.18 Å². The summed E-state index contributed by atoms with van der Waals surface area (Å²) in [7, 11) is 0. The Bertz CT molecular complexity index is 796. The second-order valence-corrected chi connectivity index (χ2v) is 5.62. The second kappa shape index (κ2) is 5.54. The van der Waals surface area contributed by atoms with Crippen molar-refractivity contribution in [3.8, 4) is 0 Å². The number of benzene rings is 2. The minimum Gasteiger partial charge on any atom is -0.477 e. The van der Waals surface area contributed by atoms with Crippen LogP contribution in [-0.4, -0.2) is 11.1 Å². The Kier molecular flexibility index (Phi) is 3.58. The van der Waals surface area contributed by atoms with Gasteiger partial charge in [0.15, 0.2) is 0 Å². The molecule has 0 fully saturated rings. The molecule has 2 aromatic carbocycles. The van der Waals surface area contributed by atoms with Gasteiger partial charge in [0, 0.05) is 22.5 Å². The maximum absolute atomic E-state index is 12.9. The highest BCUT2D eigenvalue weighted by Crippen LogP contribution is 2.31. The predicted molar refractivity (Wildman–Crippen MR) is 82.5 cm³/mol. The van der Waals surface area contributed by atoms with Crippen molar-refractivity contribution in [2.75, 3.05) is 5.32 Å². The SMILES string of the molecule is O=C(O)c1sc2ccccc2c1CNc1ccc(F)cc1. The first kappa shape index (κ1) is 13.6. The van der Waals surface area contributed by atoms with Gasteiger partial charge in [0.1, 0.15) is 10.7 Å². The molecule has 3 rings (SSSR count). The van der Waals surface area contributed by atoms with Gasteiger partial charge in [-0.05, 0) is 35.7 Å². The number of carboxylic acids is 1. The van der Waals surface area contributed by atoms with E-state index in [2.05, 4.69) is 5.32 Å². The Balaban J connectivity index is 1.93. The number of anilines is 1. The van der Waals surface area contributed by atoms with Crippen LogP contribution in [0.25, 0.3) is 10.1 Å². The Morgan fingerprint density at radius 2 is 1.86 bits per heavy atom. The zero-order chi connectivity index (χ0) is 14.8. The molecule has 0 unspecified atom stereocenters. The number of carboxylic acid groups (broad SMARTS) is 1. The van der Waals surface area contributed by atoms with E-state index < -0.39 is 5.97 Å². The molecule has 1 aromatic heterocycles. The fourth-order valence-electron chi connectivity index (χ4n) is 2.21. The minimum absolute atomic E-state index is 0.298. The molecule has 0 spiro atoms. The highest BCUT2D eigenvalue weighted by atomic mass is 32.1. The maximum Gasteiger partial charge on any atom is 0.346 e. The molecule has 0 amide bonds. The number of aromatic carboxylic acids is 1. The molecule has 21 heavy (non-hydrogen) atoms. The zero-order valence-electron chi connectivity index (χ0n) is 11.0. The Labute approximate surface area is 124 Å². The van der Waals surface area contributed by atoms with E-state index >= 15 is 0 Å². The first-order valence-electron chi connectivity index (χ1n) is 6.38. The summed E-state index contributed by atoms with van der Waals surface area (Å²) in [4.78, 5) is 11.7.